The van der Waals surface area contributed by atoms with Crippen LogP contribution in [0.2, 0.25) is 0 Å². The van der Waals surface area contributed by atoms with Crippen LogP contribution in [0.4, 0.5) is 10.5 Å². The van der Waals surface area contributed by atoms with Crippen molar-refractivity contribution in [2.24, 2.45) is 0 Å². The van der Waals surface area contributed by atoms with Gasteiger partial charge in [-0.3, -0.25) is 0 Å². The second kappa shape index (κ2) is 8.43. The number of aryl methyl sites for hydroxylation is 1. The lowest BCUT2D eigenvalue weighted by atomic mass is 10.2. The molecule has 0 aliphatic rings. The zero-order valence-electron chi connectivity index (χ0n) is 12.4. The van der Waals surface area contributed by atoms with Crippen molar-refractivity contribution in [1.29, 1.82) is 0 Å². The highest BCUT2D eigenvalue weighted by Gasteiger charge is 2.08. The van der Waals surface area contributed by atoms with Crippen LogP contribution >= 0.6 is 0 Å². The highest BCUT2D eigenvalue weighted by molar-refractivity contribution is 5.90. The van der Waals surface area contributed by atoms with E-state index in [-0.39, 0.29) is 18.7 Å². The van der Waals surface area contributed by atoms with Gasteiger partial charge in [0.25, 0.3) is 0 Å². The fourth-order valence-electron chi connectivity index (χ4n) is 1.88. The van der Waals surface area contributed by atoms with Gasteiger partial charge in [0.1, 0.15) is 5.75 Å². The summed E-state index contributed by atoms with van der Waals surface area (Å²) in [6.45, 7) is 6.54. The average Bonchev–Trinajstić information content (AvgIpc) is 2.40. The molecule has 3 N–H and O–H groups in total. The Morgan fingerprint density at radius 3 is 2.80 bits per heavy atom. The Labute approximate surface area is 120 Å². The number of anilines is 1. The van der Waals surface area contributed by atoms with Crippen molar-refractivity contribution in [3.8, 4) is 5.75 Å². The minimum atomic E-state index is -0.234. The van der Waals surface area contributed by atoms with E-state index >= 15 is 0 Å². The average molecular weight is 280 g/mol. The molecule has 0 aliphatic carbocycles. The van der Waals surface area contributed by atoms with Gasteiger partial charge >= 0.3 is 6.03 Å². The Balaban J connectivity index is 2.53. The van der Waals surface area contributed by atoms with Crippen LogP contribution in [0, 0.1) is 6.92 Å². The third kappa shape index (κ3) is 5.48. The first-order valence-corrected chi connectivity index (χ1v) is 6.98. The standard InChI is InChI=1S/C15H24N2O3/c1-4-20-13-7-8-14(11(2)10-13)17-15(19)16-12(3)6-5-9-18/h7-8,10,12,18H,4-6,9H2,1-3H3,(H2,16,17,19). The van der Waals surface area contributed by atoms with E-state index in [0.29, 0.717) is 13.0 Å². The van der Waals surface area contributed by atoms with Gasteiger partial charge in [0.2, 0.25) is 0 Å². The van der Waals surface area contributed by atoms with E-state index < -0.39 is 0 Å². The summed E-state index contributed by atoms with van der Waals surface area (Å²) >= 11 is 0. The Bertz CT molecular complexity index is 435. The van der Waals surface area contributed by atoms with Crippen LogP contribution in [0.25, 0.3) is 0 Å². The van der Waals surface area contributed by atoms with Gasteiger partial charge < -0.3 is 20.5 Å². The number of ether oxygens (including phenoxy) is 1. The zero-order chi connectivity index (χ0) is 15.0. The van der Waals surface area contributed by atoms with Crippen molar-refractivity contribution in [1.82, 2.24) is 5.32 Å². The summed E-state index contributed by atoms with van der Waals surface area (Å²) in [4.78, 5) is 11.8. The van der Waals surface area contributed by atoms with Crippen molar-refractivity contribution in [3.63, 3.8) is 0 Å². The number of benzene rings is 1. The van der Waals surface area contributed by atoms with E-state index in [1.54, 1.807) is 0 Å². The molecule has 20 heavy (non-hydrogen) atoms. The first-order valence-electron chi connectivity index (χ1n) is 6.98. The molecule has 0 fully saturated rings. The summed E-state index contributed by atoms with van der Waals surface area (Å²) < 4.78 is 5.40. The van der Waals surface area contributed by atoms with Gasteiger partial charge in [0.05, 0.1) is 6.61 Å². The largest absolute Gasteiger partial charge is 0.494 e. The van der Waals surface area contributed by atoms with Gasteiger partial charge in [-0.05, 0) is 57.4 Å². The third-order valence-corrected chi connectivity index (χ3v) is 2.93. The predicted octanol–water partition coefficient (Wildman–Crippen LogP) is 2.68. The van der Waals surface area contributed by atoms with Gasteiger partial charge in [-0.1, -0.05) is 0 Å². The van der Waals surface area contributed by atoms with E-state index in [4.69, 9.17) is 9.84 Å². The van der Waals surface area contributed by atoms with Gasteiger partial charge in [-0.15, -0.1) is 0 Å². The molecule has 1 aromatic rings. The van der Waals surface area contributed by atoms with E-state index in [1.165, 1.54) is 0 Å². The Morgan fingerprint density at radius 2 is 2.20 bits per heavy atom. The fourth-order valence-corrected chi connectivity index (χ4v) is 1.88. The van der Waals surface area contributed by atoms with Crippen LogP contribution in [0.1, 0.15) is 32.3 Å². The van der Waals surface area contributed by atoms with Gasteiger partial charge in [0, 0.05) is 18.3 Å². The maximum absolute atomic E-state index is 11.8. The van der Waals surface area contributed by atoms with Crippen LogP contribution in [-0.4, -0.2) is 30.4 Å². The van der Waals surface area contributed by atoms with Gasteiger partial charge in [-0.2, -0.15) is 0 Å². The normalized spacial score (nSPS) is 11.8. The summed E-state index contributed by atoms with van der Waals surface area (Å²) in [6, 6.07) is 5.36. The van der Waals surface area contributed by atoms with E-state index in [1.807, 2.05) is 39.0 Å². The monoisotopic (exact) mass is 280 g/mol. The molecule has 1 rings (SSSR count). The van der Waals surface area contributed by atoms with Crippen LogP contribution < -0.4 is 15.4 Å². The predicted molar refractivity (Wildman–Crippen MR) is 80.3 cm³/mol. The number of carbonyl (C=O) groups is 1. The summed E-state index contributed by atoms with van der Waals surface area (Å²) in [5.41, 5.74) is 1.72. The van der Waals surface area contributed by atoms with Gasteiger partial charge in [0.15, 0.2) is 0 Å². The van der Waals surface area contributed by atoms with Crippen molar-refractivity contribution >= 4 is 11.7 Å². The summed E-state index contributed by atoms with van der Waals surface area (Å²) in [7, 11) is 0. The fraction of sp³-hybridized carbons (Fsp3) is 0.533. The Morgan fingerprint density at radius 1 is 1.45 bits per heavy atom. The minimum absolute atomic E-state index is 0.0326. The number of nitrogens with one attached hydrogen (secondary N) is 2. The molecular weight excluding hydrogens is 256 g/mol. The SMILES string of the molecule is CCOc1ccc(NC(=O)NC(C)CCCO)c(C)c1. The highest BCUT2D eigenvalue weighted by Crippen LogP contribution is 2.21. The maximum Gasteiger partial charge on any atom is 0.319 e. The molecule has 0 saturated heterocycles. The second-order valence-electron chi connectivity index (χ2n) is 4.78. The summed E-state index contributed by atoms with van der Waals surface area (Å²) in [5.74, 6) is 0.798. The van der Waals surface area contributed by atoms with E-state index in [0.717, 1.165) is 23.4 Å². The molecule has 1 atom stereocenters. The van der Waals surface area contributed by atoms with Crippen molar-refractivity contribution < 1.29 is 14.6 Å². The highest BCUT2D eigenvalue weighted by atomic mass is 16.5. The van der Waals surface area contributed by atoms with Crippen LogP contribution in [0.5, 0.6) is 5.75 Å². The molecule has 0 spiro atoms. The number of rotatable bonds is 7. The molecule has 0 heterocycles. The van der Waals surface area contributed by atoms with E-state index in [2.05, 4.69) is 10.6 Å². The lowest BCUT2D eigenvalue weighted by Crippen LogP contribution is -2.36. The number of amides is 2. The maximum atomic E-state index is 11.8. The third-order valence-electron chi connectivity index (χ3n) is 2.93. The first-order chi connectivity index (χ1) is 9.56. The number of aliphatic hydroxyl groups is 1. The van der Waals surface area contributed by atoms with Crippen molar-refractivity contribution in [2.75, 3.05) is 18.5 Å². The molecule has 0 bridgehead atoms. The molecule has 5 heteroatoms. The molecule has 0 radical (unpaired) electrons. The quantitative estimate of drug-likeness (QED) is 0.719. The Kier molecular flexibility index (Phi) is 6.87. The summed E-state index contributed by atoms with van der Waals surface area (Å²) in [5, 5.41) is 14.4. The lowest BCUT2D eigenvalue weighted by molar-refractivity contribution is 0.245. The van der Waals surface area contributed by atoms with E-state index in [9.17, 15) is 4.79 Å². The molecule has 0 aromatic heterocycles. The number of carbonyl (C=O) groups excluding carboxylic acids is 1. The van der Waals surface area contributed by atoms with Crippen LogP contribution in [0.15, 0.2) is 18.2 Å². The first kappa shape index (κ1) is 16.3. The van der Waals surface area contributed by atoms with Crippen molar-refractivity contribution in [3.05, 3.63) is 23.8 Å². The second-order valence-corrected chi connectivity index (χ2v) is 4.78. The molecule has 2 amide bonds. The number of hydrogen-bond acceptors (Lipinski definition) is 3. The molecule has 112 valence electrons. The molecule has 0 aliphatic heterocycles. The molecular formula is C15H24N2O3. The summed E-state index contributed by atoms with van der Waals surface area (Å²) in [6.07, 6.45) is 1.44. The minimum Gasteiger partial charge on any atom is -0.494 e. The van der Waals surface area contributed by atoms with Crippen LogP contribution in [-0.2, 0) is 0 Å². The number of aliphatic hydroxyl groups excluding tert-OH is 1. The number of urea groups is 1. The van der Waals surface area contributed by atoms with Crippen LogP contribution in [0.3, 0.4) is 0 Å². The Hall–Kier alpha value is -1.75. The van der Waals surface area contributed by atoms with Gasteiger partial charge in [-0.25, -0.2) is 4.79 Å². The molecule has 1 unspecified atom stereocenters. The molecule has 5 nitrogen and oxygen atoms in total. The smallest absolute Gasteiger partial charge is 0.319 e. The lowest BCUT2D eigenvalue weighted by Gasteiger charge is -2.15. The topological polar surface area (TPSA) is 70.6 Å². The van der Waals surface area contributed by atoms with Crippen molar-refractivity contribution in [2.45, 2.75) is 39.7 Å². The molecule has 1 aromatic carbocycles. The molecule has 0 saturated carbocycles. The zero-order valence-corrected chi connectivity index (χ0v) is 12.4. The number of hydrogen-bond donors (Lipinski definition) is 3.